The summed E-state index contributed by atoms with van der Waals surface area (Å²) in [4.78, 5) is 24.5. The lowest BCUT2D eigenvalue weighted by Gasteiger charge is -2.30. The normalized spacial score (nSPS) is 15.5. The Morgan fingerprint density at radius 1 is 1.42 bits per heavy atom. The molecule has 0 bridgehead atoms. The van der Waals surface area contributed by atoms with Crippen LogP contribution in [0.1, 0.15) is 18.9 Å². The molecule has 1 amide bonds. The van der Waals surface area contributed by atoms with Crippen molar-refractivity contribution in [2.24, 2.45) is 0 Å². The van der Waals surface area contributed by atoms with Gasteiger partial charge >= 0.3 is 5.97 Å². The van der Waals surface area contributed by atoms with E-state index in [9.17, 15) is 9.59 Å². The second kappa shape index (κ2) is 5.73. The molecule has 102 valence electrons. The number of nitrogens with one attached hydrogen (secondary N) is 1. The number of aliphatic carboxylic acids is 1. The third kappa shape index (κ3) is 3.24. The fourth-order valence-electron chi connectivity index (χ4n) is 2.30. The number of hydrogen-bond donors (Lipinski definition) is 2. The fourth-order valence-corrected chi connectivity index (χ4v) is 2.30. The predicted molar refractivity (Wildman–Crippen MR) is 72.2 cm³/mol. The van der Waals surface area contributed by atoms with Crippen molar-refractivity contribution in [3.8, 4) is 0 Å². The summed E-state index contributed by atoms with van der Waals surface area (Å²) in [5.74, 6) is -1.28. The van der Waals surface area contributed by atoms with Crippen molar-refractivity contribution < 1.29 is 14.7 Å². The zero-order valence-corrected chi connectivity index (χ0v) is 10.9. The molecule has 2 rings (SSSR count). The highest BCUT2D eigenvalue weighted by molar-refractivity contribution is 5.86. The lowest BCUT2D eigenvalue weighted by atomic mass is 10.0. The molecule has 0 aromatic heterocycles. The number of carbonyl (C=O) groups is 2. The fraction of sp³-hybridized carbons (Fsp3) is 0.429. The third-order valence-electron chi connectivity index (χ3n) is 3.29. The summed E-state index contributed by atoms with van der Waals surface area (Å²) in [6.07, 6.45) is 2.04. The van der Waals surface area contributed by atoms with Crippen LogP contribution in [0.25, 0.3) is 0 Å². The van der Waals surface area contributed by atoms with Gasteiger partial charge in [-0.2, -0.15) is 0 Å². The lowest BCUT2D eigenvalue weighted by molar-refractivity contribution is -0.141. The van der Waals surface area contributed by atoms with Crippen LogP contribution >= 0.6 is 0 Å². The Morgan fingerprint density at radius 3 is 2.89 bits per heavy atom. The van der Waals surface area contributed by atoms with Gasteiger partial charge in [-0.1, -0.05) is 18.2 Å². The third-order valence-corrected chi connectivity index (χ3v) is 3.29. The molecule has 0 spiro atoms. The van der Waals surface area contributed by atoms with Crippen LogP contribution in [0, 0.1) is 0 Å². The summed E-state index contributed by atoms with van der Waals surface area (Å²) in [6, 6.07) is 7.17. The first-order valence-electron chi connectivity index (χ1n) is 6.43. The van der Waals surface area contributed by atoms with Gasteiger partial charge in [-0.05, 0) is 31.4 Å². The van der Waals surface area contributed by atoms with Crippen LogP contribution in [0.4, 0.5) is 5.69 Å². The van der Waals surface area contributed by atoms with Crippen molar-refractivity contribution in [2.75, 3.05) is 18.0 Å². The number of carboxylic acids is 1. The second-order valence-corrected chi connectivity index (χ2v) is 4.78. The van der Waals surface area contributed by atoms with Crippen molar-refractivity contribution >= 4 is 17.6 Å². The van der Waals surface area contributed by atoms with E-state index in [1.807, 2.05) is 23.1 Å². The standard InChI is InChI=1S/C14H18N2O3/c1-10(14(18)19)15-13(17)9-16-8-4-6-11-5-2-3-7-12(11)16/h2-3,5,7,10H,4,6,8-9H2,1H3,(H,15,17)(H,18,19). The largest absolute Gasteiger partial charge is 0.480 e. The molecule has 0 fully saturated rings. The smallest absolute Gasteiger partial charge is 0.325 e. The molecule has 1 heterocycles. The van der Waals surface area contributed by atoms with Crippen molar-refractivity contribution in [3.05, 3.63) is 29.8 Å². The molecule has 19 heavy (non-hydrogen) atoms. The van der Waals surface area contributed by atoms with Crippen molar-refractivity contribution in [1.82, 2.24) is 5.32 Å². The number of hydrogen-bond acceptors (Lipinski definition) is 3. The Hall–Kier alpha value is -2.04. The summed E-state index contributed by atoms with van der Waals surface area (Å²) in [6.45, 7) is 2.49. The Labute approximate surface area is 112 Å². The van der Waals surface area contributed by atoms with Crippen molar-refractivity contribution in [3.63, 3.8) is 0 Å². The van der Waals surface area contributed by atoms with Crippen LogP contribution in [0.15, 0.2) is 24.3 Å². The maximum Gasteiger partial charge on any atom is 0.325 e. The maximum absolute atomic E-state index is 11.8. The van der Waals surface area contributed by atoms with E-state index >= 15 is 0 Å². The van der Waals surface area contributed by atoms with E-state index in [0.717, 1.165) is 25.1 Å². The van der Waals surface area contributed by atoms with E-state index in [0.29, 0.717) is 0 Å². The van der Waals surface area contributed by atoms with E-state index in [1.54, 1.807) is 0 Å². The summed E-state index contributed by atoms with van der Waals surface area (Å²) >= 11 is 0. The second-order valence-electron chi connectivity index (χ2n) is 4.78. The molecule has 1 aromatic carbocycles. The van der Waals surface area contributed by atoms with Gasteiger partial charge in [0.25, 0.3) is 0 Å². The minimum atomic E-state index is -1.02. The highest BCUT2D eigenvalue weighted by Crippen LogP contribution is 2.26. The van der Waals surface area contributed by atoms with Gasteiger partial charge in [0, 0.05) is 12.2 Å². The topological polar surface area (TPSA) is 69.6 Å². The van der Waals surface area contributed by atoms with Crippen LogP contribution in [0.2, 0.25) is 0 Å². The molecule has 2 N–H and O–H groups in total. The summed E-state index contributed by atoms with van der Waals surface area (Å²) < 4.78 is 0. The summed E-state index contributed by atoms with van der Waals surface area (Å²) in [5.41, 5.74) is 2.32. The average Bonchev–Trinajstić information content (AvgIpc) is 2.39. The van der Waals surface area contributed by atoms with Gasteiger partial charge in [-0.25, -0.2) is 0 Å². The predicted octanol–water partition coefficient (Wildman–Crippen LogP) is 1.03. The highest BCUT2D eigenvalue weighted by atomic mass is 16.4. The van der Waals surface area contributed by atoms with Gasteiger partial charge in [0.1, 0.15) is 6.04 Å². The molecular formula is C14H18N2O3. The highest BCUT2D eigenvalue weighted by Gasteiger charge is 2.20. The number of rotatable bonds is 4. The van der Waals surface area contributed by atoms with Crippen molar-refractivity contribution in [1.29, 1.82) is 0 Å². The quantitative estimate of drug-likeness (QED) is 0.850. The van der Waals surface area contributed by atoms with E-state index in [2.05, 4.69) is 11.4 Å². The first-order valence-corrected chi connectivity index (χ1v) is 6.43. The van der Waals surface area contributed by atoms with Gasteiger partial charge in [-0.3, -0.25) is 9.59 Å². The van der Waals surface area contributed by atoms with E-state index in [1.165, 1.54) is 12.5 Å². The Kier molecular flexibility index (Phi) is 4.04. The molecule has 0 aliphatic carbocycles. The number of carboxylic acid groups (broad SMARTS) is 1. The van der Waals surface area contributed by atoms with Gasteiger partial charge in [-0.15, -0.1) is 0 Å². The lowest BCUT2D eigenvalue weighted by Crippen LogP contribution is -2.45. The van der Waals surface area contributed by atoms with Crippen LogP contribution in [0.3, 0.4) is 0 Å². The van der Waals surface area contributed by atoms with Gasteiger partial charge in [0.15, 0.2) is 0 Å². The van der Waals surface area contributed by atoms with Crippen LogP contribution in [0.5, 0.6) is 0 Å². The minimum absolute atomic E-state index is 0.203. The molecule has 1 aliphatic heterocycles. The van der Waals surface area contributed by atoms with E-state index in [4.69, 9.17) is 5.11 Å². The summed E-state index contributed by atoms with van der Waals surface area (Å²) in [7, 11) is 0. The van der Waals surface area contributed by atoms with E-state index < -0.39 is 12.0 Å². The molecule has 1 aliphatic rings. The zero-order valence-electron chi connectivity index (χ0n) is 10.9. The molecule has 1 atom stereocenters. The Balaban J connectivity index is 2.01. The van der Waals surface area contributed by atoms with Crippen LogP contribution < -0.4 is 10.2 Å². The molecular weight excluding hydrogens is 244 g/mol. The summed E-state index contributed by atoms with van der Waals surface area (Å²) in [5, 5.41) is 11.2. The maximum atomic E-state index is 11.8. The molecule has 1 aromatic rings. The molecule has 0 saturated heterocycles. The van der Waals surface area contributed by atoms with E-state index in [-0.39, 0.29) is 12.5 Å². The average molecular weight is 262 g/mol. The van der Waals surface area contributed by atoms with Crippen LogP contribution in [-0.2, 0) is 16.0 Å². The van der Waals surface area contributed by atoms with Crippen LogP contribution in [-0.4, -0.2) is 36.1 Å². The number of carbonyl (C=O) groups excluding carboxylic acids is 1. The monoisotopic (exact) mass is 262 g/mol. The molecule has 0 saturated carbocycles. The minimum Gasteiger partial charge on any atom is -0.480 e. The first kappa shape index (κ1) is 13.4. The van der Waals surface area contributed by atoms with Gasteiger partial charge < -0.3 is 15.3 Å². The molecule has 5 nitrogen and oxygen atoms in total. The number of para-hydroxylation sites is 1. The van der Waals surface area contributed by atoms with Gasteiger partial charge in [0.2, 0.25) is 5.91 Å². The zero-order chi connectivity index (χ0) is 13.8. The first-order chi connectivity index (χ1) is 9.08. The molecule has 0 radical (unpaired) electrons. The number of aryl methyl sites for hydroxylation is 1. The molecule has 5 heteroatoms. The SMILES string of the molecule is CC(NC(=O)CN1CCCc2ccccc21)C(=O)O. The Bertz CT molecular complexity index is 487. The number of benzene rings is 1. The van der Waals surface area contributed by atoms with Gasteiger partial charge in [0.05, 0.1) is 6.54 Å². The number of fused-ring (bicyclic) bond motifs is 1. The number of nitrogens with zero attached hydrogens (tertiary/aromatic N) is 1. The number of amides is 1. The van der Waals surface area contributed by atoms with Crippen molar-refractivity contribution in [2.45, 2.75) is 25.8 Å². The Morgan fingerprint density at radius 2 is 2.16 bits per heavy atom. The molecule has 1 unspecified atom stereocenters. The number of anilines is 1.